The number of hydrogen-bond acceptors (Lipinski definition) is 3. The maximum absolute atomic E-state index is 6.15. The van der Waals surface area contributed by atoms with Gasteiger partial charge in [-0.15, -0.1) is 0 Å². The summed E-state index contributed by atoms with van der Waals surface area (Å²) in [5.74, 6) is 0. The molecule has 20 heavy (non-hydrogen) atoms. The molecule has 0 atom stereocenters. The molecule has 0 aliphatic rings. The van der Waals surface area contributed by atoms with Gasteiger partial charge in [0.1, 0.15) is 5.15 Å². The summed E-state index contributed by atoms with van der Waals surface area (Å²) in [6, 6.07) is 19.6. The highest BCUT2D eigenvalue weighted by atomic mass is 35.5. The zero-order valence-electron chi connectivity index (χ0n) is 10.6. The Morgan fingerprint density at radius 2 is 1.75 bits per heavy atom. The van der Waals surface area contributed by atoms with E-state index in [2.05, 4.69) is 15.5 Å². The van der Waals surface area contributed by atoms with Crippen LogP contribution in [0, 0.1) is 0 Å². The minimum atomic E-state index is 0.447. The van der Waals surface area contributed by atoms with Crippen molar-refractivity contribution in [2.24, 2.45) is 5.10 Å². The van der Waals surface area contributed by atoms with Crippen LogP contribution in [0.1, 0.15) is 5.56 Å². The lowest BCUT2D eigenvalue weighted by molar-refractivity contribution is 1.34. The number of hydrazone groups is 1. The van der Waals surface area contributed by atoms with Gasteiger partial charge in [-0.1, -0.05) is 48.0 Å². The van der Waals surface area contributed by atoms with Crippen LogP contribution in [0.25, 0.3) is 10.9 Å². The number of rotatable bonds is 3. The third-order valence-corrected chi connectivity index (χ3v) is 3.18. The summed E-state index contributed by atoms with van der Waals surface area (Å²) in [4.78, 5) is 4.35. The van der Waals surface area contributed by atoms with Crippen molar-refractivity contribution in [2.45, 2.75) is 0 Å². The molecule has 0 unspecified atom stereocenters. The number of pyridine rings is 1. The highest BCUT2D eigenvalue weighted by Gasteiger charge is 2.02. The molecule has 1 aromatic heterocycles. The second kappa shape index (κ2) is 5.72. The van der Waals surface area contributed by atoms with Gasteiger partial charge in [-0.3, -0.25) is 5.43 Å². The van der Waals surface area contributed by atoms with Crippen LogP contribution in [0.2, 0.25) is 5.15 Å². The molecule has 4 heteroatoms. The first-order chi connectivity index (χ1) is 9.83. The van der Waals surface area contributed by atoms with E-state index in [1.165, 1.54) is 0 Å². The van der Waals surface area contributed by atoms with E-state index in [9.17, 15) is 0 Å². The maximum Gasteiger partial charge on any atom is 0.138 e. The molecular formula is C16H12ClN3. The summed E-state index contributed by atoms with van der Waals surface area (Å²) in [7, 11) is 0. The number of halogens is 1. The SMILES string of the molecule is Clc1nc2ccccc2cc1/C=N\Nc1ccccc1. The molecule has 0 radical (unpaired) electrons. The molecule has 0 saturated heterocycles. The minimum absolute atomic E-state index is 0.447. The summed E-state index contributed by atoms with van der Waals surface area (Å²) in [6.45, 7) is 0. The van der Waals surface area contributed by atoms with Crippen molar-refractivity contribution >= 4 is 34.4 Å². The molecule has 0 saturated carbocycles. The molecule has 0 aliphatic carbocycles. The Kier molecular flexibility index (Phi) is 3.61. The average molecular weight is 282 g/mol. The van der Waals surface area contributed by atoms with Gasteiger partial charge in [0.05, 0.1) is 17.4 Å². The first-order valence-electron chi connectivity index (χ1n) is 6.22. The van der Waals surface area contributed by atoms with Gasteiger partial charge < -0.3 is 0 Å². The van der Waals surface area contributed by atoms with Gasteiger partial charge in [0, 0.05) is 10.9 Å². The highest BCUT2D eigenvalue weighted by molar-refractivity contribution is 6.32. The minimum Gasteiger partial charge on any atom is -0.279 e. The lowest BCUT2D eigenvalue weighted by Crippen LogP contribution is -1.93. The third kappa shape index (κ3) is 2.78. The molecule has 0 amide bonds. The summed E-state index contributed by atoms with van der Waals surface area (Å²) in [5.41, 5.74) is 5.54. The van der Waals surface area contributed by atoms with E-state index in [-0.39, 0.29) is 0 Å². The van der Waals surface area contributed by atoms with E-state index in [1.54, 1.807) is 6.21 Å². The second-order valence-corrected chi connectivity index (χ2v) is 4.66. The van der Waals surface area contributed by atoms with E-state index >= 15 is 0 Å². The monoisotopic (exact) mass is 281 g/mol. The Morgan fingerprint density at radius 1 is 1.00 bits per heavy atom. The van der Waals surface area contributed by atoms with Crippen LogP contribution in [0.3, 0.4) is 0 Å². The number of nitrogens with one attached hydrogen (secondary N) is 1. The van der Waals surface area contributed by atoms with Crippen LogP contribution < -0.4 is 5.43 Å². The number of benzene rings is 2. The summed E-state index contributed by atoms with van der Waals surface area (Å²) in [5, 5.41) is 5.67. The third-order valence-electron chi connectivity index (χ3n) is 2.88. The molecule has 1 N–H and O–H groups in total. The topological polar surface area (TPSA) is 37.3 Å². The van der Waals surface area contributed by atoms with E-state index < -0.39 is 0 Å². The Bertz CT molecular complexity index is 754. The Hall–Kier alpha value is -2.39. The largest absolute Gasteiger partial charge is 0.279 e. The summed E-state index contributed by atoms with van der Waals surface area (Å²) in [6.07, 6.45) is 1.68. The fourth-order valence-corrected chi connectivity index (χ4v) is 2.08. The van der Waals surface area contributed by atoms with Gasteiger partial charge in [-0.25, -0.2) is 4.98 Å². The Balaban J connectivity index is 1.85. The first-order valence-corrected chi connectivity index (χ1v) is 6.60. The standard InChI is InChI=1S/C16H12ClN3/c17-16-13(10-12-6-4-5-9-15(12)19-16)11-18-20-14-7-2-1-3-8-14/h1-11,20H/b18-11-. The van der Waals surface area contributed by atoms with Gasteiger partial charge in [0.25, 0.3) is 0 Å². The lowest BCUT2D eigenvalue weighted by Gasteiger charge is -2.02. The molecule has 3 rings (SSSR count). The normalized spacial score (nSPS) is 11.1. The molecule has 0 bridgehead atoms. The van der Waals surface area contributed by atoms with Crippen LogP contribution in [0.4, 0.5) is 5.69 Å². The lowest BCUT2D eigenvalue weighted by atomic mass is 10.2. The fraction of sp³-hybridized carbons (Fsp3) is 0. The van der Waals surface area contributed by atoms with E-state index in [0.29, 0.717) is 5.15 Å². The van der Waals surface area contributed by atoms with Crippen molar-refractivity contribution in [3.63, 3.8) is 0 Å². The van der Waals surface area contributed by atoms with Crippen LogP contribution in [-0.4, -0.2) is 11.2 Å². The quantitative estimate of drug-likeness (QED) is 0.441. The van der Waals surface area contributed by atoms with Crippen LogP contribution in [0.15, 0.2) is 65.8 Å². The van der Waals surface area contributed by atoms with Crippen LogP contribution in [0.5, 0.6) is 0 Å². The Labute approximate surface area is 121 Å². The van der Waals surface area contributed by atoms with E-state index in [4.69, 9.17) is 11.6 Å². The van der Waals surface area contributed by atoms with Crippen molar-refractivity contribution in [2.75, 3.05) is 5.43 Å². The van der Waals surface area contributed by atoms with Crippen molar-refractivity contribution in [1.29, 1.82) is 0 Å². The highest BCUT2D eigenvalue weighted by Crippen LogP contribution is 2.19. The molecule has 0 spiro atoms. The molecule has 0 fully saturated rings. The van der Waals surface area contributed by atoms with Crippen LogP contribution >= 0.6 is 11.6 Å². The van der Waals surface area contributed by atoms with Gasteiger partial charge in [-0.05, 0) is 24.3 Å². The van der Waals surface area contributed by atoms with Gasteiger partial charge in [0.2, 0.25) is 0 Å². The van der Waals surface area contributed by atoms with Crippen LogP contribution in [-0.2, 0) is 0 Å². The summed E-state index contributed by atoms with van der Waals surface area (Å²) >= 11 is 6.15. The van der Waals surface area contributed by atoms with Gasteiger partial charge in [-0.2, -0.15) is 5.10 Å². The van der Waals surface area contributed by atoms with E-state index in [0.717, 1.165) is 22.2 Å². The zero-order valence-corrected chi connectivity index (χ0v) is 11.4. The molecule has 1 heterocycles. The number of anilines is 1. The van der Waals surface area contributed by atoms with Gasteiger partial charge >= 0.3 is 0 Å². The van der Waals surface area contributed by atoms with Gasteiger partial charge in [0.15, 0.2) is 0 Å². The molecule has 98 valence electrons. The van der Waals surface area contributed by atoms with E-state index in [1.807, 2.05) is 60.7 Å². The van der Waals surface area contributed by atoms with Crippen molar-refractivity contribution in [1.82, 2.24) is 4.98 Å². The zero-order chi connectivity index (χ0) is 13.8. The number of fused-ring (bicyclic) bond motifs is 1. The molecule has 2 aromatic carbocycles. The number of para-hydroxylation sites is 2. The molecular weight excluding hydrogens is 270 g/mol. The maximum atomic E-state index is 6.15. The van der Waals surface area contributed by atoms with Crippen molar-refractivity contribution in [3.8, 4) is 0 Å². The first kappa shape index (κ1) is 12.6. The smallest absolute Gasteiger partial charge is 0.138 e. The van der Waals surface area contributed by atoms with Crippen molar-refractivity contribution in [3.05, 3.63) is 71.4 Å². The Morgan fingerprint density at radius 3 is 2.60 bits per heavy atom. The predicted octanol–water partition coefficient (Wildman–Crippen LogP) is 4.33. The predicted molar refractivity (Wildman–Crippen MR) is 84.4 cm³/mol. The average Bonchev–Trinajstić information content (AvgIpc) is 2.49. The molecule has 0 aliphatic heterocycles. The number of aromatic nitrogens is 1. The molecule has 3 aromatic rings. The molecule has 3 nitrogen and oxygen atoms in total. The fourth-order valence-electron chi connectivity index (χ4n) is 1.89. The summed E-state index contributed by atoms with van der Waals surface area (Å²) < 4.78 is 0. The number of hydrogen-bond donors (Lipinski definition) is 1. The second-order valence-electron chi connectivity index (χ2n) is 4.30. The van der Waals surface area contributed by atoms with Crippen molar-refractivity contribution < 1.29 is 0 Å². The number of nitrogens with zero attached hydrogens (tertiary/aromatic N) is 2.